The topological polar surface area (TPSA) is 64.4 Å². The van der Waals surface area contributed by atoms with Gasteiger partial charge in [0.25, 0.3) is 0 Å². The molecule has 1 aromatic carbocycles. The molecule has 0 aliphatic heterocycles. The lowest BCUT2D eigenvalue weighted by Gasteiger charge is -2.52. The van der Waals surface area contributed by atoms with Gasteiger partial charge in [-0.15, -0.1) is 0 Å². The number of aromatic nitrogens is 1. The van der Waals surface area contributed by atoms with Crippen LogP contribution >= 0.6 is 0 Å². The molecule has 1 heterocycles. The maximum Gasteiger partial charge on any atom is 0.225 e. The molecule has 1 aliphatic carbocycles. The fourth-order valence-corrected chi connectivity index (χ4v) is 3.43. The highest BCUT2D eigenvalue weighted by molar-refractivity contribution is 5.81. The molecular weight excluding hydrogens is 340 g/mol. The summed E-state index contributed by atoms with van der Waals surface area (Å²) >= 11 is 0. The summed E-state index contributed by atoms with van der Waals surface area (Å²) in [6.45, 7) is 10.6. The molecule has 1 fully saturated rings. The minimum atomic E-state index is -0.360. The summed E-state index contributed by atoms with van der Waals surface area (Å²) in [4.78, 5) is 12.3. The Morgan fingerprint density at radius 2 is 2.00 bits per heavy atom. The van der Waals surface area contributed by atoms with Gasteiger partial charge in [0.15, 0.2) is 5.76 Å². The molecule has 27 heavy (non-hydrogen) atoms. The van der Waals surface area contributed by atoms with E-state index in [2.05, 4.69) is 24.3 Å². The van der Waals surface area contributed by atoms with Crippen LogP contribution in [0.2, 0.25) is 0 Å². The number of amides is 1. The van der Waals surface area contributed by atoms with Crippen molar-refractivity contribution < 1.29 is 14.1 Å². The van der Waals surface area contributed by atoms with Gasteiger partial charge in [0.2, 0.25) is 5.91 Å². The largest absolute Gasteiger partial charge is 0.486 e. The van der Waals surface area contributed by atoms with E-state index >= 15 is 0 Å². The van der Waals surface area contributed by atoms with Crippen molar-refractivity contribution in [1.82, 2.24) is 10.5 Å². The summed E-state index contributed by atoms with van der Waals surface area (Å²) in [6.07, 6.45) is 1.82. The number of benzene rings is 1. The van der Waals surface area contributed by atoms with Crippen LogP contribution in [0.3, 0.4) is 0 Å². The standard InChI is InChI=1S/C22H30N2O3/c1-21(2,3)20(25)23-19-12-15(22(19,4)5)11-16-13-18(27-24-16)14-26-17-9-7-6-8-10-17/h6-10,13,15,19H,11-12,14H2,1-5H3,(H,23,25). The van der Waals surface area contributed by atoms with Crippen molar-refractivity contribution in [3.63, 3.8) is 0 Å². The van der Waals surface area contributed by atoms with Gasteiger partial charge in [-0.3, -0.25) is 4.79 Å². The van der Waals surface area contributed by atoms with Crippen molar-refractivity contribution in [1.29, 1.82) is 0 Å². The quantitative estimate of drug-likeness (QED) is 0.820. The number of carbonyl (C=O) groups excluding carboxylic acids is 1. The molecule has 0 radical (unpaired) electrons. The number of hydrogen-bond donors (Lipinski definition) is 1. The zero-order valence-electron chi connectivity index (χ0n) is 16.9. The summed E-state index contributed by atoms with van der Waals surface area (Å²) < 4.78 is 11.1. The average molecular weight is 370 g/mol. The fourth-order valence-electron chi connectivity index (χ4n) is 3.43. The SMILES string of the molecule is CC(C)(C)C(=O)NC1CC(Cc2cc(COc3ccccc3)on2)C1(C)C. The fraction of sp³-hybridized carbons (Fsp3) is 0.545. The highest BCUT2D eigenvalue weighted by Gasteiger charge is 2.49. The van der Waals surface area contributed by atoms with Crippen LogP contribution < -0.4 is 10.1 Å². The molecule has 0 saturated heterocycles. The highest BCUT2D eigenvalue weighted by Crippen LogP contribution is 2.48. The number of para-hydroxylation sites is 1. The van der Waals surface area contributed by atoms with Gasteiger partial charge in [0, 0.05) is 17.5 Å². The first-order valence-electron chi connectivity index (χ1n) is 9.59. The molecule has 1 N–H and O–H groups in total. The summed E-state index contributed by atoms with van der Waals surface area (Å²) in [5, 5.41) is 7.40. The lowest BCUT2D eigenvalue weighted by Crippen LogP contribution is -2.60. The Labute approximate surface area is 161 Å². The second kappa shape index (κ2) is 7.37. The Kier molecular flexibility index (Phi) is 5.31. The van der Waals surface area contributed by atoms with Crippen LogP contribution in [-0.4, -0.2) is 17.1 Å². The minimum Gasteiger partial charge on any atom is -0.486 e. The lowest BCUT2D eigenvalue weighted by atomic mass is 9.57. The van der Waals surface area contributed by atoms with Crippen LogP contribution in [0.15, 0.2) is 40.9 Å². The Morgan fingerprint density at radius 1 is 1.30 bits per heavy atom. The smallest absolute Gasteiger partial charge is 0.225 e. The summed E-state index contributed by atoms with van der Waals surface area (Å²) in [6, 6.07) is 11.8. The molecule has 1 saturated carbocycles. The highest BCUT2D eigenvalue weighted by atomic mass is 16.5. The first-order chi connectivity index (χ1) is 12.7. The van der Waals surface area contributed by atoms with E-state index in [0.717, 1.165) is 30.0 Å². The van der Waals surface area contributed by atoms with Crippen molar-refractivity contribution >= 4 is 5.91 Å². The summed E-state index contributed by atoms with van der Waals surface area (Å²) in [5.74, 6) is 2.12. The molecule has 0 bridgehead atoms. The van der Waals surface area contributed by atoms with Crippen molar-refractivity contribution in [3.8, 4) is 5.75 Å². The first kappa shape index (κ1) is 19.5. The van der Waals surface area contributed by atoms with Gasteiger partial charge in [0.1, 0.15) is 12.4 Å². The van der Waals surface area contributed by atoms with Crippen LogP contribution in [0, 0.1) is 16.7 Å². The molecule has 3 rings (SSSR count). The number of nitrogens with zero attached hydrogens (tertiary/aromatic N) is 1. The lowest BCUT2D eigenvalue weighted by molar-refractivity contribution is -0.133. The third-order valence-electron chi connectivity index (χ3n) is 5.64. The molecule has 2 atom stereocenters. The number of nitrogens with one attached hydrogen (secondary N) is 1. The number of ether oxygens (including phenoxy) is 1. The normalized spacial score (nSPS) is 21.4. The Balaban J connectivity index is 1.51. The third-order valence-corrected chi connectivity index (χ3v) is 5.64. The number of rotatable bonds is 6. The second-order valence-corrected chi connectivity index (χ2v) is 9.12. The maximum atomic E-state index is 12.3. The molecule has 146 valence electrons. The van der Waals surface area contributed by atoms with Crippen molar-refractivity contribution in [3.05, 3.63) is 47.9 Å². The second-order valence-electron chi connectivity index (χ2n) is 9.12. The predicted molar refractivity (Wildman–Crippen MR) is 104 cm³/mol. The van der Waals surface area contributed by atoms with E-state index in [0.29, 0.717) is 12.5 Å². The molecule has 5 heteroatoms. The maximum absolute atomic E-state index is 12.3. The molecule has 2 unspecified atom stereocenters. The first-order valence-corrected chi connectivity index (χ1v) is 9.59. The third kappa shape index (κ3) is 4.52. The van der Waals surface area contributed by atoms with Crippen molar-refractivity contribution in [2.75, 3.05) is 0 Å². The molecule has 2 aromatic rings. The van der Waals surface area contributed by atoms with Crippen LogP contribution in [0.5, 0.6) is 5.75 Å². The molecule has 0 spiro atoms. The number of carbonyl (C=O) groups is 1. The minimum absolute atomic E-state index is 0.0422. The van der Waals surface area contributed by atoms with Gasteiger partial charge in [-0.2, -0.15) is 0 Å². The Morgan fingerprint density at radius 3 is 2.63 bits per heavy atom. The Hall–Kier alpha value is -2.30. The average Bonchev–Trinajstić information content (AvgIpc) is 3.06. The van der Waals surface area contributed by atoms with Crippen LogP contribution in [-0.2, 0) is 17.8 Å². The number of hydrogen-bond acceptors (Lipinski definition) is 4. The molecule has 1 amide bonds. The summed E-state index contributed by atoms with van der Waals surface area (Å²) in [5.41, 5.74) is 0.627. The van der Waals surface area contributed by atoms with Gasteiger partial charge < -0.3 is 14.6 Å². The van der Waals surface area contributed by atoms with Crippen LogP contribution in [0.1, 0.15) is 52.5 Å². The van der Waals surface area contributed by atoms with Gasteiger partial charge in [-0.25, -0.2) is 0 Å². The van der Waals surface area contributed by atoms with Crippen LogP contribution in [0.25, 0.3) is 0 Å². The molecule has 5 nitrogen and oxygen atoms in total. The molecular formula is C22H30N2O3. The van der Waals surface area contributed by atoms with Gasteiger partial charge in [-0.1, -0.05) is 58.0 Å². The molecule has 1 aliphatic rings. The van der Waals surface area contributed by atoms with Gasteiger partial charge >= 0.3 is 0 Å². The predicted octanol–water partition coefficient (Wildman–Crippen LogP) is 4.37. The summed E-state index contributed by atoms with van der Waals surface area (Å²) in [7, 11) is 0. The van der Waals surface area contributed by atoms with Crippen molar-refractivity contribution in [2.45, 2.75) is 60.1 Å². The van der Waals surface area contributed by atoms with E-state index in [-0.39, 0.29) is 22.8 Å². The zero-order chi connectivity index (χ0) is 19.7. The van der Waals surface area contributed by atoms with E-state index in [1.54, 1.807) is 0 Å². The van der Waals surface area contributed by atoms with E-state index in [1.165, 1.54) is 0 Å². The van der Waals surface area contributed by atoms with E-state index in [9.17, 15) is 4.79 Å². The monoisotopic (exact) mass is 370 g/mol. The zero-order valence-corrected chi connectivity index (χ0v) is 16.9. The van der Waals surface area contributed by atoms with E-state index in [1.807, 2.05) is 57.2 Å². The van der Waals surface area contributed by atoms with Crippen LogP contribution in [0.4, 0.5) is 0 Å². The molecule has 1 aromatic heterocycles. The van der Waals surface area contributed by atoms with Crippen molar-refractivity contribution in [2.24, 2.45) is 16.7 Å². The van der Waals surface area contributed by atoms with Gasteiger partial charge in [0.05, 0.1) is 5.69 Å². The Bertz CT molecular complexity index is 774. The van der Waals surface area contributed by atoms with E-state index in [4.69, 9.17) is 9.26 Å². The van der Waals surface area contributed by atoms with E-state index < -0.39 is 0 Å². The van der Waals surface area contributed by atoms with Gasteiger partial charge in [-0.05, 0) is 36.3 Å².